The van der Waals surface area contributed by atoms with Gasteiger partial charge in [-0.1, -0.05) is 0 Å². The molecule has 2 unspecified atom stereocenters. The second-order valence-electron chi connectivity index (χ2n) is 7.27. The van der Waals surface area contributed by atoms with E-state index in [1.807, 2.05) is 0 Å². The standard InChI is InChI=1S/C16H25F3N2O4/c17-16(18,19)11-2-1-7-15(25,8-11)9-20-14(24)21-12-5-3-10(4-6-12)13(22)23/h10-12,25H,1-9H2,(H,22,23)(H2,20,21,24). The van der Waals surface area contributed by atoms with Crippen molar-refractivity contribution in [2.45, 2.75) is 69.2 Å². The largest absolute Gasteiger partial charge is 0.481 e. The maximum Gasteiger partial charge on any atom is 0.391 e. The molecule has 0 heterocycles. The number of halogens is 3. The van der Waals surface area contributed by atoms with E-state index in [-0.39, 0.29) is 37.8 Å². The van der Waals surface area contributed by atoms with Crippen LogP contribution >= 0.6 is 0 Å². The average molecular weight is 366 g/mol. The third kappa shape index (κ3) is 5.76. The van der Waals surface area contributed by atoms with Crippen molar-refractivity contribution in [3.63, 3.8) is 0 Å². The molecule has 0 bridgehead atoms. The van der Waals surface area contributed by atoms with Crippen LogP contribution in [0.4, 0.5) is 18.0 Å². The van der Waals surface area contributed by atoms with Crippen molar-refractivity contribution in [1.82, 2.24) is 10.6 Å². The number of hydrogen-bond acceptors (Lipinski definition) is 3. The molecule has 6 nitrogen and oxygen atoms in total. The van der Waals surface area contributed by atoms with Crippen LogP contribution in [0.5, 0.6) is 0 Å². The van der Waals surface area contributed by atoms with Crippen LogP contribution in [0.2, 0.25) is 0 Å². The fourth-order valence-electron chi connectivity index (χ4n) is 3.75. The molecule has 2 aliphatic rings. The zero-order valence-electron chi connectivity index (χ0n) is 13.9. The first kappa shape index (κ1) is 19.8. The van der Waals surface area contributed by atoms with Gasteiger partial charge in [0.2, 0.25) is 0 Å². The first-order valence-corrected chi connectivity index (χ1v) is 8.65. The van der Waals surface area contributed by atoms with Crippen LogP contribution < -0.4 is 10.6 Å². The van der Waals surface area contributed by atoms with Crippen LogP contribution in [-0.4, -0.2) is 46.6 Å². The van der Waals surface area contributed by atoms with E-state index in [9.17, 15) is 27.9 Å². The predicted molar refractivity (Wildman–Crippen MR) is 82.9 cm³/mol. The molecule has 2 amide bonds. The lowest BCUT2D eigenvalue weighted by atomic mass is 9.77. The van der Waals surface area contributed by atoms with Crippen molar-refractivity contribution in [2.75, 3.05) is 6.54 Å². The molecule has 25 heavy (non-hydrogen) atoms. The molecule has 0 aromatic heterocycles. The molecule has 9 heteroatoms. The minimum absolute atomic E-state index is 0.00479. The monoisotopic (exact) mass is 366 g/mol. The van der Waals surface area contributed by atoms with Crippen molar-refractivity contribution in [3.8, 4) is 0 Å². The summed E-state index contributed by atoms with van der Waals surface area (Å²) in [4.78, 5) is 22.8. The first-order chi connectivity index (χ1) is 11.6. The first-order valence-electron chi connectivity index (χ1n) is 8.65. The third-order valence-electron chi connectivity index (χ3n) is 5.27. The molecule has 0 aromatic carbocycles. The lowest BCUT2D eigenvalue weighted by Gasteiger charge is -2.37. The molecule has 0 spiro atoms. The van der Waals surface area contributed by atoms with E-state index in [0.29, 0.717) is 25.7 Å². The molecule has 4 N–H and O–H groups in total. The molecule has 2 aliphatic carbocycles. The Hall–Kier alpha value is -1.51. The average Bonchev–Trinajstić information content (AvgIpc) is 2.53. The van der Waals surface area contributed by atoms with E-state index in [4.69, 9.17) is 5.11 Å². The minimum atomic E-state index is -4.33. The summed E-state index contributed by atoms with van der Waals surface area (Å²) in [7, 11) is 0. The lowest BCUT2D eigenvalue weighted by Crippen LogP contribution is -2.52. The number of nitrogens with one attached hydrogen (secondary N) is 2. The second kappa shape index (κ2) is 7.80. The number of carbonyl (C=O) groups is 2. The fourth-order valence-corrected chi connectivity index (χ4v) is 3.75. The van der Waals surface area contributed by atoms with Gasteiger partial charge < -0.3 is 20.8 Å². The number of urea groups is 1. The predicted octanol–water partition coefficient (Wildman–Crippen LogP) is 2.41. The zero-order valence-corrected chi connectivity index (χ0v) is 13.9. The number of alkyl halides is 3. The van der Waals surface area contributed by atoms with Gasteiger partial charge in [-0.25, -0.2) is 4.79 Å². The van der Waals surface area contributed by atoms with Gasteiger partial charge in [0.1, 0.15) is 0 Å². The summed E-state index contributed by atoms with van der Waals surface area (Å²) in [6.45, 7) is -0.226. The molecule has 0 saturated heterocycles. The number of carboxylic acid groups (broad SMARTS) is 1. The lowest BCUT2D eigenvalue weighted by molar-refractivity contribution is -0.199. The van der Waals surface area contributed by atoms with Crippen molar-refractivity contribution in [3.05, 3.63) is 0 Å². The Labute approximate surface area is 144 Å². The molecular weight excluding hydrogens is 341 g/mol. The Kier molecular flexibility index (Phi) is 6.18. The number of carboxylic acids is 1. The fraction of sp³-hybridized carbons (Fsp3) is 0.875. The van der Waals surface area contributed by atoms with Gasteiger partial charge in [-0.2, -0.15) is 13.2 Å². The Morgan fingerprint density at radius 3 is 2.32 bits per heavy atom. The van der Waals surface area contributed by atoms with E-state index in [0.717, 1.165) is 0 Å². The Morgan fingerprint density at radius 1 is 1.12 bits per heavy atom. The van der Waals surface area contributed by atoms with E-state index < -0.39 is 36.1 Å². The summed E-state index contributed by atoms with van der Waals surface area (Å²) in [6, 6.07) is -0.694. The van der Waals surface area contributed by atoms with Gasteiger partial charge in [0.15, 0.2) is 0 Å². The number of hydrogen-bond donors (Lipinski definition) is 4. The van der Waals surface area contributed by atoms with Crippen LogP contribution in [-0.2, 0) is 4.79 Å². The summed E-state index contributed by atoms with van der Waals surface area (Å²) in [5, 5.41) is 24.4. The van der Waals surface area contributed by atoms with Crippen LogP contribution in [0.15, 0.2) is 0 Å². The van der Waals surface area contributed by atoms with Gasteiger partial charge in [-0.3, -0.25) is 4.79 Å². The van der Waals surface area contributed by atoms with E-state index in [1.54, 1.807) is 0 Å². The quantitative estimate of drug-likeness (QED) is 0.614. The molecule has 2 fully saturated rings. The highest BCUT2D eigenvalue weighted by Crippen LogP contribution is 2.41. The van der Waals surface area contributed by atoms with Gasteiger partial charge in [0.05, 0.1) is 17.4 Å². The van der Waals surface area contributed by atoms with Gasteiger partial charge in [0.25, 0.3) is 0 Å². The maximum atomic E-state index is 12.8. The molecule has 2 saturated carbocycles. The van der Waals surface area contributed by atoms with Gasteiger partial charge >= 0.3 is 18.2 Å². The number of carbonyl (C=O) groups excluding carboxylic acids is 1. The smallest absolute Gasteiger partial charge is 0.391 e. The summed E-state index contributed by atoms with van der Waals surface area (Å²) in [6.07, 6.45) is -2.18. The molecule has 2 atom stereocenters. The molecule has 144 valence electrons. The minimum Gasteiger partial charge on any atom is -0.481 e. The summed E-state index contributed by atoms with van der Waals surface area (Å²) < 4.78 is 38.5. The number of amides is 2. The normalized spacial score (nSPS) is 33.5. The molecule has 2 rings (SSSR count). The topological polar surface area (TPSA) is 98.7 Å². The van der Waals surface area contributed by atoms with Crippen LogP contribution in [0.1, 0.15) is 51.4 Å². The molecule has 0 aliphatic heterocycles. The molecular formula is C16H25F3N2O4. The van der Waals surface area contributed by atoms with Crippen molar-refractivity contribution < 1.29 is 33.0 Å². The van der Waals surface area contributed by atoms with E-state index >= 15 is 0 Å². The van der Waals surface area contributed by atoms with Crippen molar-refractivity contribution in [1.29, 1.82) is 0 Å². The van der Waals surface area contributed by atoms with Crippen LogP contribution in [0.25, 0.3) is 0 Å². The highest BCUT2D eigenvalue weighted by molar-refractivity contribution is 5.74. The SMILES string of the molecule is O=C(NCC1(O)CCCC(C(F)(F)F)C1)NC1CCC(C(=O)O)CC1. The van der Waals surface area contributed by atoms with Gasteiger partial charge in [-0.15, -0.1) is 0 Å². The summed E-state index contributed by atoms with van der Waals surface area (Å²) in [5.74, 6) is -2.76. The number of rotatable bonds is 4. The van der Waals surface area contributed by atoms with Crippen LogP contribution in [0.3, 0.4) is 0 Å². The number of aliphatic carboxylic acids is 1. The van der Waals surface area contributed by atoms with E-state index in [2.05, 4.69) is 10.6 Å². The summed E-state index contributed by atoms with van der Waals surface area (Å²) in [5.41, 5.74) is -1.54. The number of aliphatic hydroxyl groups is 1. The highest BCUT2D eigenvalue weighted by atomic mass is 19.4. The van der Waals surface area contributed by atoms with Crippen molar-refractivity contribution in [2.24, 2.45) is 11.8 Å². The summed E-state index contributed by atoms with van der Waals surface area (Å²) >= 11 is 0. The highest BCUT2D eigenvalue weighted by Gasteiger charge is 2.47. The Morgan fingerprint density at radius 2 is 1.76 bits per heavy atom. The Balaban J connectivity index is 1.75. The molecule has 0 radical (unpaired) electrons. The van der Waals surface area contributed by atoms with E-state index in [1.165, 1.54) is 0 Å². The maximum absolute atomic E-state index is 12.8. The van der Waals surface area contributed by atoms with Gasteiger partial charge in [-0.05, 0) is 51.4 Å². The molecule has 0 aromatic rings. The zero-order chi connectivity index (χ0) is 18.7. The Bertz CT molecular complexity index is 492. The second-order valence-corrected chi connectivity index (χ2v) is 7.27. The van der Waals surface area contributed by atoms with Gasteiger partial charge in [0, 0.05) is 12.6 Å². The van der Waals surface area contributed by atoms with Crippen LogP contribution in [0, 0.1) is 11.8 Å². The van der Waals surface area contributed by atoms with Crippen molar-refractivity contribution >= 4 is 12.0 Å². The third-order valence-corrected chi connectivity index (χ3v) is 5.27.